The highest BCUT2D eigenvalue weighted by Crippen LogP contribution is 2.34. The molecule has 2 aromatic carbocycles. The van der Waals surface area contributed by atoms with Crippen LogP contribution in [0.25, 0.3) is 11.1 Å². The van der Waals surface area contributed by atoms with Gasteiger partial charge in [0.25, 0.3) is 11.8 Å². The molecule has 0 saturated carbocycles. The molecule has 2 amide bonds. The van der Waals surface area contributed by atoms with Crippen molar-refractivity contribution >= 4 is 11.8 Å². The molecule has 0 aliphatic heterocycles. The van der Waals surface area contributed by atoms with E-state index in [0.29, 0.717) is 37.4 Å². The fraction of sp³-hybridized carbons (Fsp3) is 0.591. The molecule has 0 atom stereocenters. The summed E-state index contributed by atoms with van der Waals surface area (Å²) in [6, 6.07) is 11.9. The van der Waals surface area contributed by atoms with Crippen LogP contribution in [0.2, 0.25) is 0 Å². The quantitative estimate of drug-likeness (QED) is 0.0745. The van der Waals surface area contributed by atoms with Crippen molar-refractivity contribution in [3.63, 3.8) is 0 Å². The summed E-state index contributed by atoms with van der Waals surface area (Å²) in [5, 5.41) is 6.06. The van der Waals surface area contributed by atoms with Gasteiger partial charge in [-0.3, -0.25) is 9.59 Å². The smallest absolute Gasteiger partial charge is 0.257 e. The average molecular weight is 881 g/mol. The summed E-state index contributed by atoms with van der Waals surface area (Å²) in [7, 11) is 9.07. The van der Waals surface area contributed by atoms with Crippen LogP contribution in [0.3, 0.4) is 0 Å². The molecule has 306 valence electrons. The monoisotopic (exact) mass is 878 g/mol. The maximum atomic E-state index is 12.8. The normalized spacial score (nSPS) is 11.1. The van der Waals surface area contributed by atoms with Crippen molar-refractivity contribution in [1.29, 1.82) is 0 Å². The zero-order valence-electron chi connectivity index (χ0n) is 34.5. The third-order valence-corrected chi connectivity index (χ3v) is 9.64. The SMILES string of the molecule is C=CCc1ccc(OCC(=O)NCCC[N+](C)(C)CCCCCC)c(-c2ccc(OCC(=O)NCCC[N+](C)(C)CCCCCC)c(CC=C)c2)c1.[Br-].[Br-]. The van der Waals surface area contributed by atoms with E-state index in [0.717, 1.165) is 70.2 Å². The largest absolute Gasteiger partial charge is 1.00 e. The maximum absolute atomic E-state index is 12.8. The van der Waals surface area contributed by atoms with Crippen LogP contribution in [0, 0.1) is 0 Å². The molecule has 0 aliphatic rings. The van der Waals surface area contributed by atoms with Crippen molar-refractivity contribution in [2.45, 2.75) is 90.9 Å². The second kappa shape index (κ2) is 28.7. The number of hydrogen-bond acceptors (Lipinski definition) is 4. The summed E-state index contributed by atoms with van der Waals surface area (Å²) in [6.45, 7) is 17.9. The van der Waals surface area contributed by atoms with Crippen LogP contribution in [-0.4, -0.2) is 101 Å². The number of nitrogens with one attached hydrogen (secondary N) is 2. The number of benzene rings is 2. The van der Waals surface area contributed by atoms with Crippen molar-refractivity contribution in [3.05, 3.63) is 72.8 Å². The van der Waals surface area contributed by atoms with Gasteiger partial charge in [0.1, 0.15) is 11.5 Å². The van der Waals surface area contributed by atoms with Crippen molar-refractivity contribution < 1.29 is 62.0 Å². The predicted octanol–water partition coefficient (Wildman–Crippen LogP) is 1.90. The molecular formula is C44H72Br2N4O4. The summed E-state index contributed by atoms with van der Waals surface area (Å²) >= 11 is 0. The number of allylic oxidation sites excluding steroid dienone is 2. The Bertz CT molecular complexity index is 1380. The average Bonchev–Trinajstić information content (AvgIpc) is 3.11. The van der Waals surface area contributed by atoms with Gasteiger partial charge in [-0.25, -0.2) is 0 Å². The lowest BCUT2D eigenvalue weighted by Crippen LogP contribution is -3.00. The summed E-state index contributed by atoms with van der Waals surface area (Å²) in [4.78, 5) is 25.5. The second-order valence-corrected chi connectivity index (χ2v) is 15.5. The molecule has 10 heteroatoms. The highest BCUT2D eigenvalue weighted by molar-refractivity contribution is 5.79. The number of unbranched alkanes of at least 4 members (excludes halogenated alkanes) is 6. The number of quaternary nitrogens is 2. The number of hydrogen-bond donors (Lipinski definition) is 2. The van der Waals surface area contributed by atoms with Crippen molar-refractivity contribution in [2.24, 2.45) is 0 Å². The molecular weight excluding hydrogens is 808 g/mol. The van der Waals surface area contributed by atoms with Crippen LogP contribution in [-0.2, 0) is 22.4 Å². The van der Waals surface area contributed by atoms with E-state index in [1.54, 1.807) is 0 Å². The third kappa shape index (κ3) is 21.4. The van der Waals surface area contributed by atoms with E-state index in [1.165, 1.54) is 51.4 Å². The molecule has 0 bridgehead atoms. The Morgan fingerprint density at radius 3 is 1.61 bits per heavy atom. The lowest BCUT2D eigenvalue weighted by molar-refractivity contribution is -0.890. The van der Waals surface area contributed by atoms with Gasteiger partial charge in [0, 0.05) is 31.5 Å². The number of nitrogens with zero attached hydrogens (tertiary/aromatic N) is 2. The Morgan fingerprint density at radius 1 is 0.630 bits per heavy atom. The Hall–Kier alpha value is -2.66. The first-order valence-electron chi connectivity index (χ1n) is 19.8. The Morgan fingerprint density at radius 2 is 1.11 bits per heavy atom. The van der Waals surface area contributed by atoms with Crippen LogP contribution in [0.4, 0.5) is 0 Å². The van der Waals surface area contributed by atoms with Gasteiger partial charge in [-0.1, -0.05) is 63.8 Å². The first-order valence-corrected chi connectivity index (χ1v) is 19.8. The molecule has 0 unspecified atom stereocenters. The number of rotatable bonds is 29. The second-order valence-electron chi connectivity index (χ2n) is 15.5. The highest BCUT2D eigenvalue weighted by atomic mass is 79.9. The molecule has 0 radical (unpaired) electrons. The van der Waals surface area contributed by atoms with Crippen LogP contribution in [0.5, 0.6) is 11.5 Å². The van der Waals surface area contributed by atoms with Crippen LogP contribution in [0.15, 0.2) is 61.7 Å². The van der Waals surface area contributed by atoms with E-state index >= 15 is 0 Å². The van der Waals surface area contributed by atoms with Crippen LogP contribution < -0.4 is 54.1 Å². The molecule has 2 aromatic rings. The molecule has 2 N–H and O–H groups in total. The zero-order valence-corrected chi connectivity index (χ0v) is 37.6. The minimum absolute atomic E-state index is 0. The maximum Gasteiger partial charge on any atom is 0.257 e. The summed E-state index contributed by atoms with van der Waals surface area (Å²) in [5.41, 5.74) is 3.84. The van der Waals surface area contributed by atoms with E-state index in [-0.39, 0.29) is 59.0 Å². The van der Waals surface area contributed by atoms with Gasteiger partial charge in [-0.2, -0.15) is 0 Å². The van der Waals surface area contributed by atoms with Crippen molar-refractivity contribution in [1.82, 2.24) is 10.6 Å². The van der Waals surface area contributed by atoms with E-state index in [9.17, 15) is 9.59 Å². The van der Waals surface area contributed by atoms with E-state index in [4.69, 9.17) is 9.47 Å². The van der Waals surface area contributed by atoms with Gasteiger partial charge in [0.05, 0.1) is 54.4 Å². The van der Waals surface area contributed by atoms with E-state index in [1.807, 2.05) is 36.4 Å². The van der Waals surface area contributed by atoms with Crippen molar-refractivity contribution in [3.8, 4) is 22.6 Å². The molecule has 0 heterocycles. The minimum Gasteiger partial charge on any atom is -1.00 e. The minimum atomic E-state index is -0.131. The molecule has 54 heavy (non-hydrogen) atoms. The summed E-state index contributed by atoms with van der Waals surface area (Å²) in [5.74, 6) is 1.02. The fourth-order valence-corrected chi connectivity index (χ4v) is 6.44. The van der Waals surface area contributed by atoms with Gasteiger partial charge in [0.15, 0.2) is 13.2 Å². The summed E-state index contributed by atoms with van der Waals surface area (Å²) in [6.07, 6.45) is 17.0. The van der Waals surface area contributed by atoms with Crippen LogP contribution >= 0.6 is 0 Å². The zero-order chi connectivity index (χ0) is 38.2. The number of ether oxygens (including phenoxy) is 2. The van der Waals surface area contributed by atoms with E-state index < -0.39 is 0 Å². The lowest BCUT2D eigenvalue weighted by Gasteiger charge is -2.30. The van der Waals surface area contributed by atoms with Gasteiger partial charge < -0.3 is 63.0 Å². The number of amides is 2. The first-order chi connectivity index (χ1) is 24.9. The number of halogens is 2. The van der Waals surface area contributed by atoms with Gasteiger partial charge in [-0.05, 0) is 79.5 Å². The van der Waals surface area contributed by atoms with Crippen molar-refractivity contribution in [2.75, 3.05) is 80.7 Å². The van der Waals surface area contributed by atoms with Crippen LogP contribution in [0.1, 0.15) is 89.2 Å². The molecule has 2 rings (SSSR count). The third-order valence-electron chi connectivity index (χ3n) is 9.64. The fourth-order valence-electron chi connectivity index (χ4n) is 6.44. The van der Waals surface area contributed by atoms with E-state index in [2.05, 4.69) is 78.0 Å². The number of carbonyl (C=O) groups is 2. The highest BCUT2D eigenvalue weighted by Gasteiger charge is 2.17. The molecule has 0 aliphatic carbocycles. The predicted molar refractivity (Wildman–Crippen MR) is 218 cm³/mol. The topological polar surface area (TPSA) is 76.7 Å². The Labute approximate surface area is 349 Å². The molecule has 0 fully saturated rings. The lowest BCUT2D eigenvalue weighted by atomic mass is 9.97. The summed E-state index contributed by atoms with van der Waals surface area (Å²) < 4.78 is 14.1. The number of carbonyl (C=O) groups excluding carboxylic acids is 2. The van der Waals surface area contributed by atoms with Gasteiger partial charge in [0.2, 0.25) is 0 Å². The standard InChI is InChI=1S/C44H70N4O4.2BrH/c1-9-13-15-17-29-47(5,6)31-19-27-45-43(49)35-51-41-26-24-38(34-39(41)22-12-4)40-33-37(21-11-3)23-25-42(40)52-36-44(50)46-28-20-32-48(7,8)30-18-16-14-10-2;;/h11-12,23-26,33-34H,3-4,9-10,13-22,27-32,35-36H2,1-2,5-8H3;2*1H. The van der Waals surface area contributed by atoms with Gasteiger partial charge in [-0.15, -0.1) is 13.2 Å². The first kappa shape index (κ1) is 51.3. The van der Waals surface area contributed by atoms with Gasteiger partial charge >= 0.3 is 0 Å². The molecule has 0 spiro atoms. The molecule has 0 aromatic heterocycles. The Kier molecular flexibility index (Phi) is 27.3. The Balaban J connectivity index is 0.0000140. The molecule has 8 nitrogen and oxygen atoms in total. The molecule has 0 saturated heterocycles.